The molecule has 1 amide bonds. The molecule has 1 aromatic carbocycles. The van der Waals surface area contributed by atoms with Gasteiger partial charge in [-0.1, -0.05) is 30.3 Å². The highest BCUT2D eigenvalue weighted by atomic mass is 16.2. The van der Waals surface area contributed by atoms with E-state index in [-0.39, 0.29) is 11.7 Å². The van der Waals surface area contributed by atoms with Crippen molar-refractivity contribution < 1.29 is 9.59 Å². The van der Waals surface area contributed by atoms with Crippen molar-refractivity contribution in [2.24, 2.45) is 0 Å². The Labute approximate surface area is 83.1 Å². The second kappa shape index (κ2) is 4.56. The molecule has 0 aromatic heterocycles. The van der Waals surface area contributed by atoms with Gasteiger partial charge in [-0.3, -0.25) is 9.59 Å². The van der Waals surface area contributed by atoms with Crippen LogP contribution in [0.2, 0.25) is 0 Å². The average Bonchev–Trinajstić information content (AvgIpc) is 2.15. The average molecular weight is 191 g/mol. The molecule has 3 heteroatoms. The van der Waals surface area contributed by atoms with Gasteiger partial charge in [0, 0.05) is 6.92 Å². The van der Waals surface area contributed by atoms with Gasteiger partial charge in [-0.15, -0.1) is 0 Å². The molecule has 0 saturated heterocycles. The topological polar surface area (TPSA) is 46.2 Å². The molecular weight excluding hydrogens is 178 g/mol. The maximum absolute atomic E-state index is 11.3. The number of carbonyl (C=O) groups is 2. The molecule has 0 saturated carbocycles. The Hall–Kier alpha value is -1.64. The summed E-state index contributed by atoms with van der Waals surface area (Å²) in [6, 6.07) is 8.67. The van der Waals surface area contributed by atoms with Crippen molar-refractivity contribution in [2.45, 2.75) is 19.9 Å². The highest BCUT2D eigenvalue weighted by Crippen LogP contribution is 2.12. The molecule has 0 radical (unpaired) electrons. The van der Waals surface area contributed by atoms with Crippen molar-refractivity contribution in [3.63, 3.8) is 0 Å². The van der Waals surface area contributed by atoms with Crippen LogP contribution in [0.5, 0.6) is 0 Å². The summed E-state index contributed by atoms with van der Waals surface area (Å²) in [7, 11) is 0. The molecule has 74 valence electrons. The standard InChI is InChI=1S/C11H13NO2/c1-8(13)11(12-9(2)14)10-6-4-3-5-7-10/h3-7,11H,1-2H3,(H,12,14)/t11-/m0/s1. The largest absolute Gasteiger partial charge is 0.342 e. The lowest BCUT2D eigenvalue weighted by atomic mass is 10.0. The number of carbonyl (C=O) groups excluding carboxylic acids is 2. The zero-order chi connectivity index (χ0) is 10.6. The Bertz CT molecular complexity index is 332. The number of nitrogens with one attached hydrogen (secondary N) is 1. The first-order chi connectivity index (χ1) is 6.61. The molecule has 0 aliphatic rings. The number of hydrogen-bond acceptors (Lipinski definition) is 2. The summed E-state index contributed by atoms with van der Waals surface area (Å²) in [4.78, 5) is 22.1. The Morgan fingerprint density at radius 3 is 2.14 bits per heavy atom. The first kappa shape index (κ1) is 10.4. The Balaban J connectivity index is 2.89. The van der Waals surface area contributed by atoms with Crippen LogP contribution in [0, 0.1) is 0 Å². The van der Waals surface area contributed by atoms with Gasteiger partial charge in [0.05, 0.1) is 0 Å². The summed E-state index contributed by atoms with van der Waals surface area (Å²) < 4.78 is 0. The van der Waals surface area contributed by atoms with Crippen LogP contribution < -0.4 is 5.32 Å². The molecule has 14 heavy (non-hydrogen) atoms. The van der Waals surface area contributed by atoms with E-state index < -0.39 is 6.04 Å². The lowest BCUT2D eigenvalue weighted by Gasteiger charge is -2.14. The minimum Gasteiger partial charge on any atom is -0.342 e. The maximum atomic E-state index is 11.3. The van der Waals surface area contributed by atoms with Crippen molar-refractivity contribution in [1.82, 2.24) is 5.32 Å². The van der Waals surface area contributed by atoms with Gasteiger partial charge in [0.25, 0.3) is 0 Å². The Kier molecular flexibility index (Phi) is 3.40. The smallest absolute Gasteiger partial charge is 0.217 e. The summed E-state index contributed by atoms with van der Waals surface area (Å²) in [6.07, 6.45) is 0. The molecule has 1 aromatic rings. The fraction of sp³-hybridized carbons (Fsp3) is 0.273. The van der Waals surface area contributed by atoms with E-state index in [1.165, 1.54) is 13.8 Å². The van der Waals surface area contributed by atoms with Gasteiger partial charge in [-0.2, -0.15) is 0 Å². The minimum atomic E-state index is -0.520. The van der Waals surface area contributed by atoms with Crippen molar-refractivity contribution in [3.05, 3.63) is 35.9 Å². The summed E-state index contributed by atoms with van der Waals surface area (Å²) in [6.45, 7) is 2.87. The summed E-state index contributed by atoms with van der Waals surface area (Å²) in [5, 5.41) is 2.61. The maximum Gasteiger partial charge on any atom is 0.217 e. The van der Waals surface area contributed by atoms with Crippen LogP contribution in [0.25, 0.3) is 0 Å². The van der Waals surface area contributed by atoms with Crippen molar-refractivity contribution in [2.75, 3.05) is 0 Å². The van der Waals surface area contributed by atoms with Crippen LogP contribution in [0.15, 0.2) is 30.3 Å². The zero-order valence-electron chi connectivity index (χ0n) is 8.28. The van der Waals surface area contributed by atoms with E-state index in [9.17, 15) is 9.59 Å². The normalized spacial score (nSPS) is 11.9. The third-order valence-electron chi connectivity index (χ3n) is 1.89. The van der Waals surface area contributed by atoms with Crippen molar-refractivity contribution in [1.29, 1.82) is 0 Å². The molecule has 1 atom stereocenters. The van der Waals surface area contributed by atoms with E-state index in [0.717, 1.165) is 5.56 Å². The number of Topliss-reactive ketones (excluding diaryl/α,β-unsaturated/α-hetero) is 1. The number of benzene rings is 1. The van der Waals surface area contributed by atoms with Gasteiger partial charge >= 0.3 is 0 Å². The molecule has 0 aliphatic heterocycles. The van der Waals surface area contributed by atoms with Gasteiger partial charge in [-0.05, 0) is 12.5 Å². The van der Waals surface area contributed by atoms with Crippen LogP contribution in [-0.4, -0.2) is 11.7 Å². The lowest BCUT2D eigenvalue weighted by molar-refractivity contribution is -0.125. The molecule has 0 spiro atoms. The van der Waals surface area contributed by atoms with Crippen LogP contribution in [0.1, 0.15) is 25.5 Å². The number of amides is 1. The molecule has 0 fully saturated rings. The lowest BCUT2D eigenvalue weighted by Crippen LogP contribution is -2.30. The predicted molar refractivity (Wildman–Crippen MR) is 53.7 cm³/mol. The number of ketones is 1. The highest BCUT2D eigenvalue weighted by Gasteiger charge is 2.16. The van der Waals surface area contributed by atoms with Crippen LogP contribution in [0.4, 0.5) is 0 Å². The van der Waals surface area contributed by atoms with Crippen LogP contribution in [-0.2, 0) is 9.59 Å². The SMILES string of the molecule is CC(=O)N[C@@H](C(C)=O)c1ccccc1. The van der Waals surface area contributed by atoms with E-state index in [0.29, 0.717) is 0 Å². The fourth-order valence-electron chi connectivity index (χ4n) is 1.27. The molecular formula is C11H13NO2. The van der Waals surface area contributed by atoms with Gasteiger partial charge in [0.2, 0.25) is 5.91 Å². The van der Waals surface area contributed by atoms with E-state index in [1.807, 2.05) is 30.3 Å². The van der Waals surface area contributed by atoms with Crippen LogP contribution >= 0.6 is 0 Å². The van der Waals surface area contributed by atoms with E-state index in [1.54, 1.807) is 0 Å². The molecule has 3 nitrogen and oxygen atoms in total. The number of rotatable bonds is 3. The van der Waals surface area contributed by atoms with Crippen molar-refractivity contribution in [3.8, 4) is 0 Å². The van der Waals surface area contributed by atoms with Crippen LogP contribution in [0.3, 0.4) is 0 Å². The molecule has 0 heterocycles. The molecule has 0 aliphatic carbocycles. The molecule has 1 rings (SSSR count). The Morgan fingerprint density at radius 2 is 1.71 bits per heavy atom. The third-order valence-corrected chi connectivity index (χ3v) is 1.89. The first-order valence-corrected chi connectivity index (χ1v) is 4.43. The highest BCUT2D eigenvalue weighted by molar-refractivity contribution is 5.87. The Morgan fingerprint density at radius 1 is 1.14 bits per heavy atom. The summed E-state index contributed by atoms with van der Waals surface area (Å²) in [5.41, 5.74) is 0.815. The predicted octanol–water partition coefficient (Wildman–Crippen LogP) is 1.45. The second-order valence-electron chi connectivity index (χ2n) is 3.15. The molecule has 1 N–H and O–H groups in total. The molecule has 0 bridgehead atoms. The van der Waals surface area contributed by atoms with Gasteiger partial charge in [0.1, 0.15) is 6.04 Å². The van der Waals surface area contributed by atoms with E-state index in [4.69, 9.17) is 0 Å². The summed E-state index contributed by atoms with van der Waals surface area (Å²) >= 11 is 0. The van der Waals surface area contributed by atoms with Crippen molar-refractivity contribution >= 4 is 11.7 Å². The third kappa shape index (κ3) is 2.69. The van der Waals surface area contributed by atoms with Gasteiger partial charge < -0.3 is 5.32 Å². The van der Waals surface area contributed by atoms with E-state index in [2.05, 4.69) is 5.32 Å². The monoisotopic (exact) mass is 191 g/mol. The summed E-state index contributed by atoms with van der Waals surface area (Å²) in [5.74, 6) is -0.263. The molecule has 0 unspecified atom stereocenters. The first-order valence-electron chi connectivity index (χ1n) is 4.43. The van der Waals surface area contributed by atoms with Gasteiger partial charge in [0.15, 0.2) is 5.78 Å². The second-order valence-corrected chi connectivity index (χ2v) is 3.15. The van der Waals surface area contributed by atoms with E-state index >= 15 is 0 Å². The quantitative estimate of drug-likeness (QED) is 0.786. The fourth-order valence-corrected chi connectivity index (χ4v) is 1.27. The minimum absolute atomic E-state index is 0.0635. The number of hydrogen-bond donors (Lipinski definition) is 1. The zero-order valence-corrected chi connectivity index (χ0v) is 8.28. The van der Waals surface area contributed by atoms with Gasteiger partial charge in [-0.25, -0.2) is 0 Å².